The van der Waals surface area contributed by atoms with Gasteiger partial charge in [0.05, 0.1) is 0 Å². The van der Waals surface area contributed by atoms with E-state index >= 15 is 0 Å². The van der Waals surface area contributed by atoms with Gasteiger partial charge in [0.25, 0.3) is 0 Å². The molecule has 1 aliphatic rings. The van der Waals surface area contributed by atoms with Gasteiger partial charge in [-0.05, 0) is 35.7 Å². The molecule has 4 heteroatoms. The maximum absolute atomic E-state index is 6.00. The van der Waals surface area contributed by atoms with Gasteiger partial charge >= 0.3 is 0 Å². The fourth-order valence-corrected chi connectivity index (χ4v) is 3.52. The molecule has 0 aliphatic carbocycles. The van der Waals surface area contributed by atoms with Crippen LogP contribution in [0, 0.1) is 5.92 Å². The molecule has 22 heavy (non-hydrogen) atoms. The first-order valence-electron chi connectivity index (χ1n) is 7.48. The van der Waals surface area contributed by atoms with Gasteiger partial charge < -0.3 is 5.73 Å². The number of benzene rings is 2. The summed E-state index contributed by atoms with van der Waals surface area (Å²) in [5, 5.41) is 0. The van der Waals surface area contributed by atoms with Gasteiger partial charge in [-0.3, -0.25) is 4.90 Å². The van der Waals surface area contributed by atoms with Crippen molar-refractivity contribution in [1.82, 2.24) is 4.90 Å². The van der Waals surface area contributed by atoms with Crippen molar-refractivity contribution < 1.29 is 0 Å². The lowest BCUT2D eigenvalue weighted by Gasteiger charge is -2.17. The molecule has 0 saturated carbocycles. The second-order valence-electron chi connectivity index (χ2n) is 5.83. The van der Waals surface area contributed by atoms with Gasteiger partial charge in [0, 0.05) is 30.0 Å². The maximum atomic E-state index is 6.00. The first-order valence-corrected chi connectivity index (χ1v) is 8.27. The number of likely N-dealkylation sites (tertiary alicyclic amines) is 1. The van der Waals surface area contributed by atoms with Crippen LogP contribution in [0.3, 0.4) is 0 Å². The molecule has 2 N–H and O–H groups in total. The van der Waals surface area contributed by atoms with Crippen LogP contribution in [0.4, 0.5) is 0 Å². The van der Waals surface area contributed by atoms with Crippen molar-refractivity contribution in [3.8, 4) is 0 Å². The highest BCUT2D eigenvalue weighted by atomic mass is 79.9. The zero-order chi connectivity index (χ0) is 14.7. The summed E-state index contributed by atoms with van der Waals surface area (Å²) in [5.74, 6) is 1.12. The average molecular weight is 382 g/mol. The van der Waals surface area contributed by atoms with E-state index in [-0.39, 0.29) is 12.4 Å². The molecule has 2 nitrogen and oxygen atoms in total. The highest BCUT2D eigenvalue weighted by molar-refractivity contribution is 9.10. The third kappa shape index (κ3) is 4.11. The number of nitrogens with two attached hydrogens (primary N) is 1. The van der Waals surface area contributed by atoms with Crippen molar-refractivity contribution in [3.05, 3.63) is 70.2 Å². The van der Waals surface area contributed by atoms with E-state index < -0.39 is 0 Å². The third-order valence-electron chi connectivity index (χ3n) is 4.37. The van der Waals surface area contributed by atoms with Crippen LogP contribution in [0.25, 0.3) is 0 Å². The molecule has 0 amide bonds. The SMILES string of the molecule is Cl.NC[C@@H]1CN(Cc2ccc(Br)cc2)C[C@H]1c1ccccc1. The summed E-state index contributed by atoms with van der Waals surface area (Å²) in [7, 11) is 0. The number of hydrogen-bond acceptors (Lipinski definition) is 2. The van der Waals surface area contributed by atoms with E-state index in [1.807, 2.05) is 0 Å². The van der Waals surface area contributed by atoms with Crippen molar-refractivity contribution in [2.45, 2.75) is 12.5 Å². The molecule has 1 saturated heterocycles. The largest absolute Gasteiger partial charge is 0.330 e. The summed E-state index contributed by atoms with van der Waals surface area (Å²) in [6.45, 7) is 3.96. The van der Waals surface area contributed by atoms with Crippen molar-refractivity contribution in [2.75, 3.05) is 19.6 Å². The summed E-state index contributed by atoms with van der Waals surface area (Å²) < 4.78 is 1.13. The summed E-state index contributed by atoms with van der Waals surface area (Å²) >= 11 is 3.49. The van der Waals surface area contributed by atoms with E-state index in [4.69, 9.17) is 5.73 Å². The molecule has 2 atom stereocenters. The summed E-state index contributed by atoms with van der Waals surface area (Å²) in [6, 6.07) is 19.4. The molecule has 0 aromatic heterocycles. The van der Waals surface area contributed by atoms with Gasteiger partial charge in [0.1, 0.15) is 0 Å². The molecule has 1 fully saturated rings. The van der Waals surface area contributed by atoms with Crippen molar-refractivity contribution in [3.63, 3.8) is 0 Å². The van der Waals surface area contributed by atoms with E-state index in [1.165, 1.54) is 11.1 Å². The number of hydrogen-bond donors (Lipinski definition) is 1. The highest BCUT2D eigenvalue weighted by Crippen LogP contribution is 2.32. The highest BCUT2D eigenvalue weighted by Gasteiger charge is 2.32. The lowest BCUT2D eigenvalue weighted by Crippen LogP contribution is -2.23. The lowest BCUT2D eigenvalue weighted by atomic mass is 9.89. The van der Waals surface area contributed by atoms with Crippen LogP contribution in [-0.2, 0) is 6.54 Å². The van der Waals surface area contributed by atoms with Gasteiger partial charge in [0.2, 0.25) is 0 Å². The Hall–Kier alpha value is -0.870. The van der Waals surface area contributed by atoms with Gasteiger partial charge in [-0.1, -0.05) is 58.4 Å². The molecule has 3 rings (SSSR count). The Kier molecular flexibility index (Phi) is 6.45. The predicted molar refractivity (Wildman–Crippen MR) is 98.4 cm³/mol. The number of halogens is 2. The van der Waals surface area contributed by atoms with Crippen LogP contribution < -0.4 is 5.73 Å². The molecule has 2 aromatic rings. The molecule has 0 radical (unpaired) electrons. The fourth-order valence-electron chi connectivity index (χ4n) is 3.25. The van der Waals surface area contributed by atoms with Crippen molar-refractivity contribution >= 4 is 28.3 Å². The molecular weight excluding hydrogens is 360 g/mol. The quantitative estimate of drug-likeness (QED) is 0.866. The summed E-state index contributed by atoms with van der Waals surface area (Å²) in [6.07, 6.45) is 0. The Labute approximate surface area is 147 Å². The van der Waals surface area contributed by atoms with Gasteiger partial charge in [-0.2, -0.15) is 0 Å². The first-order chi connectivity index (χ1) is 10.3. The van der Waals surface area contributed by atoms with Crippen LogP contribution >= 0.6 is 28.3 Å². The fraction of sp³-hybridized carbons (Fsp3) is 0.333. The molecule has 1 aliphatic heterocycles. The Morgan fingerprint density at radius 2 is 1.68 bits per heavy atom. The van der Waals surface area contributed by atoms with E-state index in [0.29, 0.717) is 11.8 Å². The van der Waals surface area contributed by atoms with E-state index in [2.05, 4.69) is 75.4 Å². The molecule has 0 spiro atoms. The maximum Gasteiger partial charge on any atom is 0.0234 e. The molecule has 1 heterocycles. The molecule has 118 valence electrons. The van der Waals surface area contributed by atoms with Crippen LogP contribution in [0.15, 0.2) is 59.1 Å². The van der Waals surface area contributed by atoms with E-state index in [9.17, 15) is 0 Å². The Balaban J connectivity index is 0.00000176. The minimum absolute atomic E-state index is 0. The lowest BCUT2D eigenvalue weighted by molar-refractivity contribution is 0.317. The number of nitrogens with zero attached hydrogens (tertiary/aromatic N) is 1. The van der Waals surface area contributed by atoms with Crippen molar-refractivity contribution in [1.29, 1.82) is 0 Å². The Morgan fingerprint density at radius 1 is 1.00 bits per heavy atom. The van der Waals surface area contributed by atoms with Gasteiger partial charge in [-0.25, -0.2) is 0 Å². The van der Waals surface area contributed by atoms with Crippen molar-refractivity contribution in [2.24, 2.45) is 11.7 Å². The Bertz CT molecular complexity index is 573. The normalized spacial score (nSPS) is 21.5. The average Bonchev–Trinajstić information content (AvgIpc) is 2.93. The number of rotatable bonds is 4. The van der Waals surface area contributed by atoms with Gasteiger partial charge in [0.15, 0.2) is 0 Å². The smallest absolute Gasteiger partial charge is 0.0234 e. The topological polar surface area (TPSA) is 29.3 Å². The first kappa shape index (κ1) is 17.5. The molecular formula is C18H22BrClN2. The van der Waals surface area contributed by atoms with Crippen LogP contribution in [0.2, 0.25) is 0 Å². The monoisotopic (exact) mass is 380 g/mol. The van der Waals surface area contributed by atoms with E-state index in [1.54, 1.807) is 0 Å². The second-order valence-corrected chi connectivity index (χ2v) is 6.75. The summed E-state index contributed by atoms with van der Waals surface area (Å²) in [5.41, 5.74) is 8.79. The molecule has 0 unspecified atom stereocenters. The minimum atomic E-state index is 0. The standard InChI is InChI=1S/C18H21BrN2.ClH/c19-17-8-6-14(7-9-17)11-21-12-16(10-20)18(13-21)15-4-2-1-3-5-15;/h1-9,16,18H,10-13,20H2;1H/t16-,18+;/m1./s1. The van der Waals surface area contributed by atoms with Crippen LogP contribution in [0.5, 0.6) is 0 Å². The third-order valence-corrected chi connectivity index (χ3v) is 4.90. The zero-order valence-electron chi connectivity index (χ0n) is 12.5. The van der Waals surface area contributed by atoms with E-state index in [0.717, 1.165) is 30.7 Å². The molecule has 2 aromatic carbocycles. The zero-order valence-corrected chi connectivity index (χ0v) is 14.9. The van der Waals surface area contributed by atoms with Gasteiger partial charge in [-0.15, -0.1) is 12.4 Å². The predicted octanol–water partition coefficient (Wildman–Crippen LogP) is 4.05. The van der Waals surface area contributed by atoms with Crippen LogP contribution in [-0.4, -0.2) is 24.5 Å². The Morgan fingerprint density at radius 3 is 2.32 bits per heavy atom. The second kappa shape index (κ2) is 8.11. The molecule has 0 bridgehead atoms. The minimum Gasteiger partial charge on any atom is -0.330 e. The van der Waals surface area contributed by atoms with Crippen LogP contribution in [0.1, 0.15) is 17.0 Å². The summed E-state index contributed by atoms with van der Waals surface area (Å²) in [4.78, 5) is 2.53.